The summed E-state index contributed by atoms with van der Waals surface area (Å²) in [5, 5.41) is 4.06. The van der Waals surface area contributed by atoms with Gasteiger partial charge in [-0.1, -0.05) is 30.7 Å². The molecule has 0 aliphatic carbocycles. The minimum absolute atomic E-state index is 0.0204. The van der Waals surface area contributed by atoms with Crippen LogP contribution in [0.2, 0.25) is 5.15 Å². The third-order valence-corrected chi connectivity index (χ3v) is 4.96. The van der Waals surface area contributed by atoms with Crippen molar-refractivity contribution in [3.63, 3.8) is 0 Å². The SMILES string of the molecule is CCc1nc(Cl)cc2c3nc(nc12)OCCOc1c(cccc1C(F)(F)F)C(C)N3. The number of benzene rings is 1. The Hall–Kier alpha value is -2.81. The largest absolute Gasteiger partial charge is 0.489 e. The number of para-hydroxylation sites is 1. The van der Waals surface area contributed by atoms with Crippen molar-refractivity contribution >= 4 is 28.3 Å². The number of fused-ring (bicyclic) bond motifs is 5. The van der Waals surface area contributed by atoms with E-state index in [0.29, 0.717) is 34.4 Å². The van der Waals surface area contributed by atoms with Gasteiger partial charge in [-0.05, 0) is 25.5 Å². The summed E-state index contributed by atoms with van der Waals surface area (Å²) in [4.78, 5) is 13.1. The van der Waals surface area contributed by atoms with E-state index >= 15 is 0 Å². The van der Waals surface area contributed by atoms with E-state index in [0.717, 1.165) is 6.07 Å². The third kappa shape index (κ3) is 3.81. The number of nitrogens with zero attached hydrogens (tertiary/aromatic N) is 3. The van der Waals surface area contributed by atoms with E-state index in [-0.39, 0.29) is 30.1 Å². The lowest BCUT2D eigenvalue weighted by Crippen LogP contribution is -2.16. The van der Waals surface area contributed by atoms with Gasteiger partial charge in [-0.25, -0.2) is 4.98 Å². The molecule has 1 N–H and O–H groups in total. The number of anilines is 1. The van der Waals surface area contributed by atoms with Crippen LogP contribution in [0.3, 0.4) is 0 Å². The Morgan fingerprint density at radius 3 is 2.67 bits per heavy atom. The van der Waals surface area contributed by atoms with Crippen molar-refractivity contribution in [1.82, 2.24) is 15.0 Å². The molecule has 158 valence electrons. The first-order chi connectivity index (χ1) is 14.3. The minimum Gasteiger partial charge on any atom is -0.489 e. The van der Waals surface area contributed by atoms with Crippen molar-refractivity contribution in [2.45, 2.75) is 32.5 Å². The van der Waals surface area contributed by atoms with Crippen LogP contribution in [0.4, 0.5) is 19.0 Å². The predicted molar refractivity (Wildman–Crippen MR) is 106 cm³/mol. The third-order valence-electron chi connectivity index (χ3n) is 4.77. The van der Waals surface area contributed by atoms with E-state index < -0.39 is 17.8 Å². The Morgan fingerprint density at radius 2 is 1.93 bits per heavy atom. The minimum atomic E-state index is -4.55. The fourth-order valence-electron chi connectivity index (χ4n) is 3.40. The molecule has 4 rings (SSSR count). The quantitative estimate of drug-likeness (QED) is 0.526. The van der Waals surface area contributed by atoms with Crippen LogP contribution in [0.25, 0.3) is 10.9 Å². The topological polar surface area (TPSA) is 69.2 Å². The zero-order chi connectivity index (χ0) is 21.5. The fraction of sp³-hybridized carbons (Fsp3) is 0.350. The van der Waals surface area contributed by atoms with Crippen LogP contribution in [0.15, 0.2) is 24.3 Å². The molecule has 0 spiro atoms. The second kappa shape index (κ2) is 7.79. The van der Waals surface area contributed by atoms with Crippen molar-refractivity contribution in [3.05, 3.63) is 46.2 Å². The van der Waals surface area contributed by atoms with Gasteiger partial charge in [0.25, 0.3) is 0 Å². The lowest BCUT2D eigenvalue weighted by Gasteiger charge is -2.22. The maximum atomic E-state index is 13.5. The van der Waals surface area contributed by atoms with Gasteiger partial charge in [0.05, 0.1) is 17.3 Å². The molecule has 1 unspecified atom stereocenters. The van der Waals surface area contributed by atoms with Crippen LogP contribution < -0.4 is 14.8 Å². The number of hydrogen-bond acceptors (Lipinski definition) is 6. The van der Waals surface area contributed by atoms with Crippen molar-refractivity contribution < 1.29 is 22.6 Å². The second-order valence-corrected chi connectivity index (χ2v) is 7.17. The van der Waals surface area contributed by atoms with Gasteiger partial charge < -0.3 is 14.8 Å². The number of halogens is 4. The lowest BCUT2D eigenvalue weighted by atomic mass is 10.0. The first-order valence-corrected chi connectivity index (χ1v) is 9.75. The normalized spacial score (nSPS) is 16.7. The van der Waals surface area contributed by atoms with Crippen LogP contribution in [-0.2, 0) is 12.6 Å². The Balaban J connectivity index is 1.88. The van der Waals surface area contributed by atoms with Crippen LogP contribution in [0.1, 0.15) is 36.7 Å². The molecular weight excluding hydrogens is 421 g/mol. The molecule has 30 heavy (non-hydrogen) atoms. The molecule has 1 aliphatic heterocycles. The highest BCUT2D eigenvalue weighted by molar-refractivity contribution is 6.30. The second-order valence-electron chi connectivity index (χ2n) is 6.78. The van der Waals surface area contributed by atoms with E-state index in [1.165, 1.54) is 6.07 Å². The van der Waals surface area contributed by atoms with Crippen LogP contribution >= 0.6 is 11.6 Å². The Labute approximate surface area is 175 Å². The number of nitrogens with one attached hydrogen (secondary N) is 1. The van der Waals surface area contributed by atoms with Gasteiger partial charge >= 0.3 is 12.2 Å². The molecule has 1 atom stereocenters. The lowest BCUT2D eigenvalue weighted by molar-refractivity contribution is -0.139. The summed E-state index contributed by atoms with van der Waals surface area (Å²) in [6.45, 7) is 3.54. The zero-order valence-electron chi connectivity index (χ0n) is 16.2. The van der Waals surface area contributed by atoms with Crippen molar-refractivity contribution in [2.75, 3.05) is 18.5 Å². The molecule has 10 heteroatoms. The van der Waals surface area contributed by atoms with E-state index in [4.69, 9.17) is 21.1 Å². The number of hydrogen-bond donors (Lipinski definition) is 1. The number of ether oxygens (including phenoxy) is 2. The standard InChI is InChI=1S/C20H18ClF3N4O2/c1-3-14-16-12(9-15(21)26-14)18-25-10(2)11-5-4-6-13(20(22,23)24)17(11)29-7-8-30-19(27-16)28-18/h4-6,9-10H,3,7-8H2,1-2H3,(H,25,27,28). The summed E-state index contributed by atoms with van der Waals surface area (Å²) < 4.78 is 51.7. The first-order valence-electron chi connectivity index (χ1n) is 9.37. The smallest absolute Gasteiger partial charge is 0.419 e. The van der Waals surface area contributed by atoms with Gasteiger partial charge in [0.1, 0.15) is 35.5 Å². The molecule has 2 aromatic heterocycles. The molecule has 3 heterocycles. The molecule has 0 fully saturated rings. The van der Waals surface area contributed by atoms with Crippen LogP contribution in [-0.4, -0.2) is 28.2 Å². The Kier molecular flexibility index (Phi) is 5.31. The summed E-state index contributed by atoms with van der Waals surface area (Å²) in [5.41, 5.74) is 0.768. The molecule has 1 aliphatic rings. The molecule has 1 aromatic carbocycles. The highest BCUT2D eigenvalue weighted by Gasteiger charge is 2.36. The van der Waals surface area contributed by atoms with Crippen molar-refractivity contribution in [2.24, 2.45) is 0 Å². The van der Waals surface area contributed by atoms with Gasteiger partial charge in [0.2, 0.25) is 0 Å². The van der Waals surface area contributed by atoms with Crippen LogP contribution in [0, 0.1) is 0 Å². The summed E-state index contributed by atoms with van der Waals surface area (Å²) in [6, 6.07) is 5.11. The molecule has 0 radical (unpaired) electrons. The van der Waals surface area contributed by atoms with Gasteiger partial charge in [-0.3, -0.25) is 0 Å². The molecule has 2 bridgehead atoms. The molecule has 6 nitrogen and oxygen atoms in total. The first kappa shape index (κ1) is 20.5. The van der Waals surface area contributed by atoms with Crippen molar-refractivity contribution in [3.8, 4) is 11.8 Å². The number of rotatable bonds is 1. The van der Waals surface area contributed by atoms with Crippen LogP contribution in [0.5, 0.6) is 11.8 Å². The molecule has 0 saturated carbocycles. The van der Waals surface area contributed by atoms with Gasteiger partial charge in [-0.15, -0.1) is 0 Å². The maximum Gasteiger partial charge on any atom is 0.419 e. The number of alkyl halides is 3. The summed E-state index contributed by atoms with van der Waals surface area (Å²) in [5.74, 6) is 0.168. The van der Waals surface area contributed by atoms with Gasteiger partial charge in [0.15, 0.2) is 0 Å². The average Bonchev–Trinajstić information content (AvgIpc) is 2.71. The number of aryl methyl sites for hydroxylation is 1. The summed E-state index contributed by atoms with van der Waals surface area (Å²) in [7, 11) is 0. The monoisotopic (exact) mass is 438 g/mol. The fourth-order valence-corrected chi connectivity index (χ4v) is 3.61. The molecular formula is C20H18ClF3N4O2. The van der Waals surface area contributed by atoms with E-state index in [9.17, 15) is 13.2 Å². The summed E-state index contributed by atoms with van der Waals surface area (Å²) >= 11 is 6.16. The van der Waals surface area contributed by atoms with E-state index in [1.54, 1.807) is 19.1 Å². The van der Waals surface area contributed by atoms with E-state index in [2.05, 4.69) is 20.3 Å². The average molecular weight is 439 g/mol. The maximum absolute atomic E-state index is 13.5. The van der Waals surface area contributed by atoms with E-state index in [1.807, 2.05) is 6.92 Å². The predicted octanol–water partition coefficient (Wildman–Crippen LogP) is 5.20. The Morgan fingerprint density at radius 1 is 1.17 bits per heavy atom. The highest BCUT2D eigenvalue weighted by Crippen LogP contribution is 2.41. The number of pyridine rings is 1. The Bertz CT molecular complexity index is 1110. The zero-order valence-corrected chi connectivity index (χ0v) is 16.9. The number of aromatic nitrogens is 3. The van der Waals surface area contributed by atoms with Gasteiger partial charge in [-0.2, -0.15) is 23.1 Å². The molecule has 3 aromatic rings. The summed E-state index contributed by atoms with van der Waals surface area (Å²) in [6.07, 6.45) is -3.96. The highest BCUT2D eigenvalue weighted by atomic mass is 35.5. The molecule has 0 amide bonds. The van der Waals surface area contributed by atoms with Crippen molar-refractivity contribution in [1.29, 1.82) is 0 Å². The molecule has 0 saturated heterocycles. The van der Waals surface area contributed by atoms with Gasteiger partial charge in [0, 0.05) is 10.9 Å².